The summed E-state index contributed by atoms with van der Waals surface area (Å²) in [5.74, 6) is -0.483. The van der Waals surface area contributed by atoms with E-state index < -0.39 is 12.0 Å². The van der Waals surface area contributed by atoms with Crippen molar-refractivity contribution in [2.45, 2.75) is 40.3 Å². The minimum Gasteiger partial charge on any atom is -0.463 e. The van der Waals surface area contributed by atoms with Crippen molar-refractivity contribution in [3.63, 3.8) is 0 Å². The number of hydrogen-bond donors (Lipinski definition) is 0. The number of thiazole rings is 1. The van der Waals surface area contributed by atoms with Crippen molar-refractivity contribution in [2.75, 3.05) is 6.61 Å². The fourth-order valence-electron chi connectivity index (χ4n) is 3.73. The van der Waals surface area contributed by atoms with E-state index >= 15 is 0 Å². The van der Waals surface area contributed by atoms with Crippen molar-refractivity contribution >= 4 is 35.0 Å². The summed E-state index contributed by atoms with van der Waals surface area (Å²) in [6.45, 7) is 8.41. The summed E-state index contributed by atoms with van der Waals surface area (Å²) in [5.41, 5.74) is 3.15. The van der Waals surface area contributed by atoms with Crippen molar-refractivity contribution in [1.82, 2.24) is 14.3 Å². The lowest BCUT2D eigenvalue weighted by Crippen LogP contribution is -2.39. The minimum atomic E-state index is -0.649. The van der Waals surface area contributed by atoms with Crippen LogP contribution in [0.3, 0.4) is 0 Å². The first-order valence-electron chi connectivity index (χ1n) is 10.3. The number of nitrogens with zero attached hydrogens (tertiary/aromatic N) is 4. The number of carbonyl (C=O) groups is 1. The highest BCUT2D eigenvalue weighted by Gasteiger charge is 2.33. The lowest BCUT2D eigenvalue weighted by atomic mass is 9.96. The van der Waals surface area contributed by atoms with Gasteiger partial charge in [-0.05, 0) is 51.5 Å². The normalized spacial score (nSPS) is 16.2. The summed E-state index contributed by atoms with van der Waals surface area (Å²) in [7, 11) is 0. The zero-order valence-electron chi connectivity index (χ0n) is 18.3. The van der Waals surface area contributed by atoms with Gasteiger partial charge in [0, 0.05) is 23.3 Å². The molecular weight excluding hydrogens is 448 g/mol. The van der Waals surface area contributed by atoms with Crippen molar-refractivity contribution < 1.29 is 9.53 Å². The number of halogens is 1. The van der Waals surface area contributed by atoms with E-state index in [1.54, 1.807) is 30.5 Å². The van der Waals surface area contributed by atoms with E-state index in [4.69, 9.17) is 16.3 Å². The van der Waals surface area contributed by atoms with Crippen molar-refractivity contribution in [1.29, 1.82) is 0 Å². The first-order chi connectivity index (χ1) is 15.3. The molecule has 2 aromatic heterocycles. The van der Waals surface area contributed by atoms with E-state index in [0.29, 0.717) is 25.6 Å². The molecule has 4 rings (SSSR count). The van der Waals surface area contributed by atoms with Crippen molar-refractivity contribution in [2.24, 2.45) is 4.99 Å². The monoisotopic (exact) mass is 470 g/mol. The molecule has 9 heteroatoms. The highest BCUT2D eigenvalue weighted by Crippen LogP contribution is 2.31. The van der Waals surface area contributed by atoms with Gasteiger partial charge in [-0.2, -0.15) is 5.10 Å². The lowest BCUT2D eigenvalue weighted by Gasteiger charge is -2.24. The van der Waals surface area contributed by atoms with Crippen LogP contribution in [0.4, 0.5) is 0 Å². The quantitative estimate of drug-likeness (QED) is 0.537. The van der Waals surface area contributed by atoms with Crippen LogP contribution < -0.4 is 14.9 Å². The highest BCUT2D eigenvalue weighted by atomic mass is 35.5. The van der Waals surface area contributed by atoms with E-state index in [9.17, 15) is 9.59 Å². The van der Waals surface area contributed by atoms with E-state index in [1.165, 1.54) is 11.3 Å². The van der Waals surface area contributed by atoms with Gasteiger partial charge in [-0.3, -0.25) is 14.0 Å². The molecular formula is C23H23ClN4O3S. The average Bonchev–Trinajstić information content (AvgIpc) is 3.27. The number of allylic oxidation sites excluding steroid dienone is 1. The largest absolute Gasteiger partial charge is 0.463 e. The third-order valence-electron chi connectivity index (χ3n) is 5.30. The van der Waals surface area contributed by atoms with Crippen LogP contribution in [0.15, 0.2) is 51.5 Å². The Balaban J connectivity index is 1.95. The van der Waals surface area contributed by atoms with Crippen LogP contribution in [0.1, 0.15) is 43.6 Å². The topological polar surface area (TPSA) is 78.5 Å². The molecule has 0 saturated carbocycles. The second-order valence-corrected chi connectivity index (χ2v) is 8.82. The molecule has 0 N–H and O–H groups in total. The number of ether oxygens (including phenoxy) is 1. The molecule has 1 aliphatic rings. The van der Waals surface area contributed by atoms with Gasteiger partial charge < -0.3 is 4.74 Å². The molecule has 3 aromatic rings. The Morgan fingerprint density at radius 1 is 1.25 bits per heavy atom. The molecule has 3 heterocycles. The van der Waals surface area contributed by atoms with E-state index in [2.05, 4.69) is 10.1 Å². The van der Waals surface area contributed by atoms with Crippen LogP contribution in [0.5, 0.6) is 0 Å². The Morgan fingerprint density at radius 2 is 1.97 bits per heavy atom. The van der Waals surface area contributed by atoms with Gasteiger partial charge in [0.15, 0.2) is 4.80 Å². The SMILES string of the molecule is CCOC(=O)C1=C(C)N=c2s/c(=C\c3cn(CC)nc3C)c(=O)n2C1c1ccc(Cl)cc1. The average molecular weight is 471 g/mol. The van der Waals surface area contributed by atoms with E-state index in [-0.39, 0.29) is 12.2 Å². The Kier molecular flexibility index (Phi) is 6.17. The predicted octanol–water partition coefficient (Wildman–Crippen LogP) is 2.98. The number of esters is 1. The Labute approximate surface area is 193 Å². The van der Waals surface area contributed by atoms with Gasteiger partial charge >= 0.3 is 5.97 Å². The van der Waals surface area contributed by atoms with Gasteiger partial charge in [0.1, 0.15) is 0 Å². The number of aromatic nitrogens is 3. The van der Waals surface area contributed by atoms with Crippen LogP contribution in [-0.2, 0) is 16.1 Å². The second-order valence-electron chi connectivity index (χ2n) is 7.38. The first-order valence-corrected chi connectivity index (χ1v) is 11.5. The lowest BCUT2D eigenvalue weighted by molar-refractivity contribution is -0.139. The Morgan fingerprint density at radius 3 is 2.59 bits per heavy atom. The molecule has 0 saturated heterocycles. The fourth-order valence-corrected chi connectivity index (χ4v) is 4.89. The van der Waals surface area contributed by atoms with Crippen LogP contribution in [0, 0.1) is 6.92 Å². The maximum absolute atomic E-state index is 13.5. The third-order valence-corrected chi connectivity index (χ3v) is 6.53. The molecule has 7 nitrogen and oxygen atoms in total. The molecule has 0 amide bonds. The fraction of sp³-hybridized carbons (Fsp3) is 0.304. The standard InChI is InChI=1S/C23H23ClN4O3S/c1-5-27-12-16(13(3)26-27)11-18-21(29)28-20(15-7-9-17(24)10-8-15)19(22(30)31-6-2)14(4)25-23(28)32-18/h7-12,20H,5-6H2,1-4H3/b18-11-. The van der Waals surface area contributed by atoms with Gasteiger partial charge in [-0.15, -0.1) is 0 Å². The van der Waals surface area contributed by atoms with Crippen LogP contribution in [0.25, 0.3) is 6.08 Å². The number of carbonyl (C=O) groups excluding carboxylic acids is 1. The van der Waals surface area contributed by atoms with Gasteiger partial charge in [-0.1, -0.05) is 35.1 Å². The molecule has 1 atom stereocenters. The molecule has 32 heavy (non-hydrogen) atoms. The Bertz CT molecular complexity index is 1400. The maximum Gasteiger partial charge on any atom is 0.338 e. The molecule has 1 aromatic carbocycles. The highest BCUT2D eigenvalue weighted by molar-refractivity contribution is 7.07. The molecule has 0 spiro atoms. The van der Waals surface area contributed by atoms with Crippen LogP contribution in [0.2, 0.25) is 5.02 Å². The number of rotatable bonds is 5. The maximum atomic E-state index is 13.5. The van der Waals surface area contributed by atoms with E-state index in [0.717, 1.165) is 23.4 Å². The van der Waals surface area contributed by atoms with Gasteiger partial charge in [0.05, 0.1) is 34.1 Å². The number of fused-ring (bicyclic) bond motifs is 1. The van der Waals surface area contributed by atoms with Gasteiger partial charge in [0.2, 0.25) is 0 Å². The number of benzene rings is 1. The van der Waals surface area contributed by atoms with Gasteiger partial charge in [-0.25, -0.2) is 9.79 Å². The number of aryl methyl sites for hydroxylation is 2. The number of hydrogen-bond acceptors (Lipinski definition) is 6. The summed E-state index contributed by atoms with van der Waals surface area (Å²) >= 11 is 7.37. The molecule has 0 radical (unpaired) electrons. The molecule has 0 fully saturated rings. The van der Waals surface area contributed by atoms with Crippen LogP contribution in [-0.4, -0.2) is 26.9 Å². The summed E-state index contributed by atoms with van der Waals surface area (Å²) in [6, 6.07) is 6.47. The van der Waals surface area contributed by atoms with Crippen molar-refractivity contribution in [3.05, 3.63) is 83.3 Å². The third kappa shape index (κ3) is 3.96. The Hall–Kier alpha value is -2.97. The molecule has 1 unspecified atom stereocenters. The zero-order valence-corrected chi connectivity index (χ0v) is 19.8. The van der Waals surface area contributed by atoms with Crippen LogP contribution >= 0.6 is 22.9 Å². The van der Waals surface area contributed by atoms with E-state index in [1.807, 2.05) is 42.9 Å². The molecule has 0 bridgehead atoms. The predicted molar refractivity (Wildman–Crippen MR) is 124 cm³/mol. The molecule has 1 aliphatic heterocycles. The summed E-state index contributed by atoms with van der Waals surface area (Å²) < 4.78 is 9.23. The second kappa shape index (κ2) is 8.88. The smallest absolute Gasteiger partial charge is 0.338 e. The zero-order chi connectivity index (χ0) is 23.0. The van der Waals surface area contributed by atoms with Gasteiger partial charge in [0.25, 0.3) is 5.56 Å². The summed E-state index contributed by atoms with van der Waals surface area (Å²) in [6.07, 6.45) is 3.75. The summed E-state index contributed by atoms with van der Waals surface area (Å²) in [4.78, 5) is 31.5. The van der Waals surface area contributed by atoms with Crippen molar-refractivity contribution in [3.8, 4) is 0 Å². The minimum absolute atomic E-state index is 0.216. The summed E-state index contributed by atoms with van der Waals surface area (Å²) in [5, 5.41) is 5.02. The molecule has 166 valence electrons. The first kappa shape index (κ1) is 22.2. The molecule has 0 aliphatic carbocycles.